The van der Waals surface area contributed by atoms with Gasteiger partial charge in [0.05, 0.1) is 16.1 Å². The average molecular weight is 251 g/mol. The summed E-state index contributed by atoms with van der Waals surface area (Å²) in [6, 6.07) is 1.69. The number of aldehydes is 1. The fourth-order valence-electron chi connectivity index (χ4n) is 2.07. The first-order valence-corrected chi connectivity index (χ1v) is 5.90. The smallest absolute Gasteiger partial charge is 0.170 e. The molecule has 5 heteroatoms. The van der Waals surface area contributed by atoms with E-state index in [9.17, 15) is 4.79 Å². The van der Waals surface area contributed by atoms with E-state index in [1.807, 2.05) is 0 Å². The number of fused-ring (bicyclic) bond motifs is 1. The number of hydrogen-bond donors (Lipinski definition) is 1. The number of nitrogens with two attached hydrogens (primary N) is 1. The molecule has 1 aromatic heterocycles. The van der Waals surface area contributed by atoms with Crippen molar-refractivity contribution in [1.82, 2.24) is 5.16 Å². The van der Waals surface area contributed by atoms with Gasteiger partial charge in [-0.15, -0.1) is 0 Å². The summed E-state index contributed by atoms with van der Waals surface area (Å²) in [6.45, 7) is 0. The van der Waals surface area contributed by atoms with Crippen LogP contribution < -0.4 is 5.73 Å². The van der Waals surface area contributed by atoms with Crippen LogP contribution in [0.1, 0.15) is 30.0 Å². The second kappa shape index (κ2) is 3.74. The SMILES string of the molecule is Nc1cc2onc(C3CC3)c2c(Cl)c1CC=O. The molecule has 1 saturated carbocycles. The zero-order chi connectivity index (χ0) is 12.0. The van der Waals surface area contributed by atoms with E-state index in [1.165, 1.54) is 0 Å². The van der Waals surface area contributed by atoms with E-state index in [4.69, 9.17) is 21.9 Å². The van der Waals surface area contributed by atoms with Gasteiger partial charge in [-0.1, -0.05) is 16.8 Å². The highest BCUT2D eigenvalue weighted by atomic mass is 35.5. The van der Waals surface area contributed by atoms with E-state index in [0.717, 1.165) is 30.2 Å². The third kappa shape index (κ3) is 1.60. The maximum Gasteiger partial charge on any atom is 0.170 e. The van der Waals surface area contributed by atoms with Gasteiger partial charge in [-0.3, -0.25) is 0 Å². The standard InChI is InChI=1S/C12H11ClN2O2/c13-11-7(3-4-16)8(14)5-9-10(11)12(15-17-9)6-1-2-6/h4-6H,1-3,14H2. The van der Waals surface area contributed by atoms with Crippen LogP contribution in [0.5, 0.6) is 0 Å². The molecule has 1 heterocycles. The molecule has 4 nitrogen and oxygen atoms in total. The van der Waals surface area contributed by atoms with Crippen LogP contribution in [-0.4, -0.2) is 11.4 Å². The molecule has 2 aromatic rings. The van der Waals surface area contributed by atoms with E-state index in [0.29, 0.717) is 27.8 Å². The zero-order valence-corrected chi connectivity index (χ0v) is 9.83. The number of nitrogens with zero attached hydrogens (tertiary/aromatic N) is 1. The molecular formula is C12H11ClN2O2. The minimum absolute atomic E-state index is 0.218. The van der Waals surface area contributed by atoms with Gasteiger partial charge in [-0.2, -0.15) is 0 Å². The molecule has 1 fully saturated rings. The van der Waals surface area contributed by atoms with Crippen molar-refractivity contribution < 1.29 is 9.32 Å². The Bertz CT molecular complexity index is 602. The fraction of sp³-hybridized carbons (Fsp3) is 0.333. The van der Waals surface area contributed by atoms with Crippen molar-refractivity contribution in [3.63, 3.8) is 0 Å². The second-order valence-electron chi connectivity index (χ2n) is 4.34. The van der Waals surface area contributed by atoms with Crippen molar-refractivity contribution in [2.45, 2.75) is 25.2 Å². The Morgan fingerprint density at radius 3 is 3.00 bits per heavy atom. The predicted molar refractivity (Wildman–Crippen MR) is 65.2 cm³/mol. The van der Waals surface area contributed by atoms with Gasteiger partial charge in [0.15, 0.2) is 5.58 Å². The number of anilines is 1. The summed E-state index contributed by atoms with van der Waals surface area (Å²) >= 11 is 6.31. The molecule has 1 aliphatic carbocycles. The highest BCUT2D eigenvalue weighted by Crippen LogP contribution is 2.45. The molecule has 0 bridgehead atoms. The van der Waals surface area contributed by atoms with E-state index < -0.39 is 0 Å². The van der Waals surface area contributed by atoms with E-state index >= 15 is 0 Å². The first kappa shape index (κ1) is 10.6. The Hall–Kier alpha value is -1.55. The summed E-state index contributed by atoms with van der Waals surface area (Å²) in [7, 11) is 0. The lowest BCUT2D eigenvalue weighted by Gasteiger charge is -2.05. The summed E-state index contributed by atoms with van der Waals surface area (Å²) in [4.78, 5) is 10.6. The van der Waals surface area contributed by atoms with Crippen molar-refractivity contribution in [1.29, 1.82) is 0 Å². The van der Waals surface area contributed by atoms with Gasteiger partial charge in [0.2, 0.25) is 0 Å². The van der Waals surface area contributed by atoms with Crippen molar-refractivity contribution in [3.8, 4) is 0 Å². The van der Waals surface area contributed by atoms with Crippen LogP contribution in [0.15, 0.2) is 10.6 Å². The molecule has 1 aromatic carbocycles. The molecule has 0 unspecified atom stereocenters. The number of carbonyl (C=O) groups excluding carboxylic acids is 1. The quantitative estimate of drug-likeness (QED) is 0.672. The summed E-state index contributed by atoms with van der Waals surface area (Å²) in [5, 5.41) is 5.39. The number of halogens is 1. The number of hydrogen-bond acceptors (Lipinski definition) is 4. The van der Waals surface area contributed by atoms with Crippen LogP contribution in [-0.2, 0) is 11.2 Å². The average Bonchev–Trinajstić information content (AvgIpc) is 3.06. The van der Waals surface area contributed by atoms with Crippen LogP contribution in [0.4, 0.5) is 5.69 Å². The van der Waals surface area contributed by atoms with E-state index in [1.54, 1.807) is 6.07 Å². The Morgan fingerprint density at radius 1 is 1.59 bits per heavy atom. The summed E-state index contributed by atoms with van der Waals surface area (Å²) in [5.41, 5.74) is 8.49. The predicted octanol–water partition coefficient (Wildman–Crippen LogP) is 2.68. The Labute approximate surface area is 103 Å². The molecule has 0 aliphatic heterocycles. The minimum Gasteiger partial charge on any atom is -0.398 e. The minimum atomic E-state index is 0.218. The number of rotatable bonds is 3. The molecule has 3 rings (SSSR count). The van der Waals surface area contributed by atoms with Crippen molar-refractivity contribution in [2.75, 3.05) is 5.73 Å². The lowest BCUT2D eigenvalue weighted by molar-refractivity contribution is -0.107. The molecular weight excluding hydrogens is 240 g/mol. The van der Waals surface area contributed by atoms with Crippen molar-refractivity contribution in [2.24, 2.45) is 0 Å². The first-order chi connectivity index (χ1) is 8.22. The molecule has 0 saturated heterocycles. The number of carbonyl (C=O) groups is 1. The summed E-state index contributed by atoms with van der Waals surface area (Å²) in [6.07, 6.45) is 3.25. The molecule has 0 radical (unpaired) electrons. The summed E-state index contributed by atoms with van der Waals surface area (Å²) in [5.74, 6) is 0.446. The molecule has 2 N–H and O–H groups in total. The van der Waals surface area contributed by atoms with E-state index in [2.05, 4.69) is 5.16 Å². The number of aromatic nitrogens is 1. The van der Waals surface area contributed by atoms with Gasteiger partial charge in [0, 0.05) is 29.7 Å². The van der Waals surface area contributed by atoms with Crippen LogP contribution in [0.3, 0.4) is 0 Å². The normalized spacial score (nSPS) is 15.4. The van der Waals surface area contributed by atoms with Crippen LogP contribution >= 0.6 is 11.6 Å². The molecule has 0 spiro atoms. The Morgan fingerprint density at radius 2 is 2.35 bits per heavy atom. The highest BCUT2D eigenvalue weighted by Gasteiger charge is 2.30. The Kier molecular flexibility index (Phi) is 2.33. The lowest BCUT2D eigenvalue weighted by Crippen LogP contribution is -1.97. The monoisotopic (exact) mass is 250 g/mol. The highest BCUT2D eigenvalue weighted by molar-refractivity contribution is 6.37. The topological polar surface area (TPSA) is 69.1 Å². The maximum absolute atomic E-state index is 10.6. The van der Waals surface area contributed by atoms with Gasteiger partial charge in [0.25, 0.3) is 0 Å². The van der Waals surface area contributed by atoms with Crippen LogP contribution in [0.25, 0.3) is 11.0 Å². The van der Waals surface area contributed by atoms with E-state index in [-0.39, 0.29) is 6.42 Å². The zero-order valence-electron chi connectivity index (χ0n) is 9.07. The third-order valence-electron chi connectivity index (χ3n) is 3.12. The Balaban J connectivity index is 2.28. The van der Waals surface area contributed by atoms with Crippen LogP contribution in [0, 0.1) is 0 Å². The molecule has 0 amide bonds. The summed E-state index contributed by atoms with van der Waals surface area (Å²) < 4.78 is 5.24. The van der Waals surface area contributed by atoms with Gasteiger partial charge in [-0.05, 0) is 12.8 Å². The van der Waals surface area contributed by atoms with Crippen molar-refractivity contribution in [3.05, 3.63) is 22.3 Å². The lowest BCUT2D eigenvalue weighted by atomic mass is 10.0. The molecule has 0 atom stereocenters. The van der Waals surface area contributed by atoms with Gasteiger partial charge in [0.1, 0.15) is 6.29 Å². The maximum atomic E-state index is 10.6. The third-order valence-corrected chi connectivity index (χ3v) is 3.53. The first-order valence-electron chi connectivity index (χ1n) is 5.52. The van der Waals surface area contributed by atoms with Gasteiger partial charge in [-0.25, -0.2) is 0 Å². The van der Waals surface area contributed by atoms with Crippen LogP contribution in [0.2, 0.25) is 5.02 Å². The molecule has 88 valence electrons. The number of benzene rings is 1. The molecule has 17 heavy (non-hydrogen) atoms. The van der Waals surface area contributed by atoms with Crippen molar-refractivity contribution >= 4 is 34.5 Å². The molecule has 1 aliphatic rings. The van der Waals surface area contributed by atoms with Gasteiger partial charge < -0.3 is 15.1 Å². The number of nitrogen functional groups attached to an aromatic ring is 1. The van der Waals surface area contributed by atoms with Gasteiger partial charge >= 0.3 is 0 Å². The fourth-order valence-corrected chi connectivity index (χ4v) is 2.44. The second-order valence-corrected chi connectivity index (χ2v) is 4.72. The largest absolute Gasteiger partial charge is 0.398 e.